The van der Waals surface area contributed by atoms with Crippen LogP contribution < -0.4 is 4.74 Å². The van der Waals surface area contributed by atoms with Gasteiger partial charge in [-0.25, -0.2) is 0 Å². The molecule has 1 aliphatic carbocycles. The lowest BCUT2D eigenvalue weighted by Crippen LogP contribution is -2.17. The van der Waals surface area contributed by atoms with E-state index in [0.717, 1.165) is 17.6 Å². The normalized spacial score (nSPS) is 21.5. The smallest absolute Gasteiger partial charge is 0.193 e. The van der Waals surface area contributed by atoms with Crippen LogP contribution in [0.1, 0.15) is 22.3 Å². The van der Waals surface area contributed by atoms with Crippen LogP contribution in [-0.2, 0) is 6.61 Å². The maximum Gasteiger partial charge on any atom is 0.193 e. The Bertz CT molecular complexity index is 555. The van der Waals surface area contributed by atoms with Gasteiger partial charge in [-0.15, -0.1) is 0 Å². The van der Waals surface area contributed by atoms with Crippen LogP contribution in [0.15, 0.2) is 42.0 Å². The number of allylic oxidation sites excluding steroid dienone is 3. The summed E-state index contributed by atoms with van der Waals surface area (Å²) in [4.78, 5) is 12.5. The Balaban J connectivity index is 2.09. The van der Waals surface area contributed by atoms with Gasteiger partial charge in [0.15, 0.2) is 5.78 Å². The molecule has 0 spiro atoms. The zero-order chi connectivity index (χ0) is 12.5. The minimum atomic E-state index is -0.0665. The summed E-state index contributed by atoms with van der Waals surface area (Å²) in [6.07, 6.45) is 6.70. The second kappa shape index (κ2) is 4.42. The first-order valence-corrected chi connectivity index (χ1v) is 6.07. The largest absolute Gasteiger partial charge is 0.492 e. The van der Waals surface area contributed by atoms with Crippen molar-refractivity contribution in [3.63, 3.8) is 0 Å². The Morgan fingerprint density at radius 1 is 1.39 bits per heavy atom. The van der Waals surface area contributed by atoms with Gasteiger partial charge in [0, 0.05) is 11.5 Å². The quantitative estimate of drug-likeness (QED) is 0.821. The van der Waals surface area contributed by atoms with Gasteiger partial charge < -0.3 is 9.84 Å². The highest BCUT2D eigenvalue weighted by molar-refractivity contribution is 6.11. The number of rotatable bonds is 1. The van der Waals surface area contributed by atoms with Crippen LogP contribution in [0.4, 0.5) is 0 Å². The summed E-state index contributed by atoms with van der Waals surface area (Å²) in [6, 6.07) is 5.27. The topological polar surface area (TPSA) is 46.5 Å². The Hall–Kier alpha value is -1.87. The molecule has 3 rings (SSSR count). The second-order valence-corrected chi connectivity index (χ2v) is 4.61. The maximum absolute atomic E-state index is 12.5. The van der Waals surface area contributed by atoms with E-state index in [-0.39, 0.29) is 18.3 Å². The summed E-state index contributed by atoms with van der Waals surface area (Å²) in [5.74, 6) is 0.784. The number of Topliss-reactive ketones (excluding diaryl/α,β-unsaturated/α-hetero) is 1. The molecule has 18 heavy (non-hydrogen) atoms. The molecule has 1 aliphatic heterocycles. The molecule has 1 N–H and O–H groups in total. The summed E-state index contributed by atoms with van der Waals surface area (Å²) < 4.78 is 5.71. The Morgan fingerprint density at radius 3 is 3.11 bits per heavy atom. The van der Waals surface area contributed by atoms with E-state index in [2.05, 4.69) is 6.08 Å². The fraction of sp³-hybridized carbons (Fsp3) is 0.267. The molecular formula is C15H14O3. The molecule has 92 valence electrons. The lowest BCUT2D eigenvalue weighted by Gasteiger charge is -2.16. The monoisotopic (exact) mass is 242 g/mol. The van der Waals surface area contributed by atoms with Crippen molar-refractivity contribution in [1.29, 1.82) is 0 Å². The third kappa shape index (κ3) is 1.77. The number of carbonyl (C=O) groups is 1. The van der Waals surface area contributed by atoms with Crippen LogP contribution >= 0.6 is 0 Å². The predicted octanol–water partition coefficient (Wildman–Crippen LogP) is 2.26. The number of ketones is 1. The number of hydrogen-bond donors (Lipinski definition) is 1. The second-order valence-electron chi connectivity index (χ2n) is 4.61. The van der Waals surface area contributed by atoms with E-state index in [1.165, 1.54) is 0 Å². The fourth-order valence-electron chi connectivity index (χ4n) is 2.42. The fourth-order valence-corrected chi connectivity index (χ4v) is 2.42. The molecule has 1 aromatic carbocycles. The van der Waals surface area contributed by atoms with E-state index in [4.69, 9.17) is 9.84 Å². The number of benzene rings is 1. The molecule has 0 aromatic heterocycles. The lowest BCUT2D eigenvalue weighted by atomic mass is 9.87. The number of aliphatic hydroxyl groups is 1. The first-order valence-electron chi connectivity index (χ1n) is 6.07. The van der Waals surface area contributed by atoms with Gasteiger partial charge in [-0.3, -0.25) is 4.79 Å². The zero-order valence-electron chi connectivity index (χ0n) is 9.93. The first-order chi connectivity index (χ1) is 8.79. The molecule has 0 bridgehead atoms. The average Bonchev–Trinajstić information content (AvgIpc) is 2.57. The van der Waals surface area contributed by atoms with Crippen molar-refractivity contribution in [3.05, 3.63) is 53.1 Å². The summed E-state index contributed by atoms with van der Waals surface area (Å²) in [5, 5.41) is 9.15. The molecule has 0 saturated heterocycles. The molecule has 0 fully saturated rings. The molecule has 0 saturated carbocycles. The summed E-state index contributed by atoms with van der Waals surface area (Å²) in [7, 11) is 0. The molecule has 1 unspecified atom stereocenters. The van der Waals surface area contributed by atoms with Gasteiger partial charge in [0.1, 0.15) is 5.75 Å². The maximum atomic E-state index is 12.5. The minimum Gasteiger partial charge on any atom is -0.492 e. The van der Waals surface area contributed by atoms with Crippen molar-refractivity contribution >= 4 is 5.78 Å². The van der Waals surface area contributed by atoms with Gasteiger partial charge in [-0.05, 0) is 24.1 Å². The van der Waals surface area contributed by atoms with Crippen LogP contribution in [-0.4, -0.2) is 17.5 Å². The van der Waals surface area contributed by atoms with Crippen molar-refractivity contribution in [3.8, 4) is 5.75 Å². The third-order valence-electron chi connectivity index (χ3n) is 3.45. The number of aliphatic hydroxyl groups excluding tert-OH is 1. The van der Waals surface area contributed by atoms with Gasteiger partial charge in [0.05, 0.1) is 18.8 Å². The van der Waals surface area contributed by atoms with Crippen molar-refractivity contribution < 1.29 is 14.6 Å². The molecule has 3 nitrogen and oxygen atoms in total. The highest BCUT2D eigenvalue weighted by Crippen LogP contribution is 2.33. The Morgan fingerprint density at radius 2 is 2.28 bits per heavy atom. The average molecular weight is 242 g/mol. The molecule has 0 amide bonds. The summed E-state index contributed by atoms with van der Waals surface area (Å²) in [6.45, 7) is 0.469. The standard InChI is InChI=1S/C15H14O3/c16-8-10-5-6-14-13(7-10)15(17)12-4-2-1-3-11(12)9-18-14/h1-2,4-7,11,16H,3,8-9H2. The van der Waals surface area contributed by atoms with Gasteiger partial charge in [0.25, 0.3) is 0 Å². The van der Waals surface area contributed by atoms with Crippen LogP contribution in [0.5, 0.6) is 5.75 Å². The number of carbonyl (C=O) groups excluding carboxylic acids is 1. The van der Waals surface area contributed by atoms with Crippen LogP contribution in [0.25, 0.3) is 0 Å². The van der Waals surface area contributed by atoms with Crippen molar-refractivity contribution in [2.45, 2.75) is 13.0 Å². The van der Waals surface area contributed by atoms with Gasteiger partial charge >= 0.3 is 0 Å². The van der Waals surface area contributed by atoms with Crippen molar-refractivity contribution in [2.24, 2.45) is 5.92 Å². The molecule has 1 atom stereocenters. The Kier molecular flexibility index (Phi) is 2.76. The van der Waals surface area contributed by atoms with Gasteiger partial charge in [0.2, 0.25) is 0 Å². The lowest BCUT2D eigenvalue weighted by molar-refractivity contribution is 0.102. The third-order valence-corrected chi connectivity index (χ3v) is 3.45. The van der Waals surface area contributed by atoms with E-state index in [0.29, 0.717) is 17.9 Å². The van der Waals surface area contributed by atoms with E-state index in [1.54, 1.807) is 18.2 Å². The molecule has 3 heteroatoms. The van der Waals surface area contributed by atoms with E-state index >= 15 is 0 Å². The number of hydrogen-bond acceptors (Lipinski definition) is 3. The van der Waals surface area contributed by atoms with Crippen LogP contribution in [0.3, 0.4) is 0 Å². The minimum absolute atomic E-state index is 0.0205. The Labute approximate surface area is 105 Å². The first kappa shape index (κ1) is 11.2. The summed E-state index contributed by atoms with van der Waals surface area (Å²) >= 11 is 0. The van der Waals surface area contributed by atoms with E-state index in [1.807, 2.05) is 12.2 Å². The highest BCUT2D eigenvalue weighted by Gasteiger charge is 2.29. The molecule has 0 radical (unpaired) electrons. The zero-order valence-corrected chi connectivity index (χ0v) is 9.93. The predicted molar refractivity (Wildman–Crippen MR) is 67.5 cm³/mol. The van der Waals surface area contributed by atoms with E-state index < -0.39 is 0 Å². The van der Waals surface area contributed by atoms with Crippen LogP contribution in [0.2, 0.25) is 0 Å². The van der Waals surface area contributed by atoms with Crippen molar-refractivity contribution in [2.75, 3.05) is 6.61 Å². The van der Waals surface area contributed by atoms with E-state index in [9.17, 15) is 4.79 Å². The molecule has 1 heterocycles. The number of fused-ring (bicyclic) bond motifs is 2. The highest BCUT2D eigenvalue weighted by atomic mass is 16.5. The molecular weight excluding hydrogens is 228 g/mol. The van der Waals surface area contributed by atoms with Gasteiger partial charge in [-0.2, -0.15) is 0 Å². The van der Waals surface area contributed by atoms with Gasteiger partial charge in [-0.1, -0.05) is 24.3 Å². The SMILES string of the molecule is O=C1C2=CC=CCC2COc2ccc(CO)cc21. The van der Waals surface area contributed by atoms with Crippen LogP contribution in [0, 0.1) is 5.92 Å². The molecule has 2 aliphatic rings. The van der Waals surface area contributed by atoms with Crippen molar-refractivity contribution in [1.82, 2.24) is 0 Å². The summed E-state index contributed by atoms with van der Waals surface area (Å²) in [5.41, 5.74) is 2.10. The number of ether oxygens (including phenoxy) is 1. The molecule has 1 aromatic rings.